The second kappa shape index (κ2) is 7.66. The molecule has 3 rings (SSSR count). The molecule has 7 heteroatoms. The van der Waals surface area contributed by atoms with Crippen LogP contribution in [0.25, 0.3) is 0 Å². The van der Waals surface area contributed by atoms with E-state index in [4.69, 9.17) is 0 Å². The lowest BCUT2D eigenvalue weighted by Crippen LogP contribution is -2.44. The maximum Gasteiger partial charge on any atom is 0.240 e. The van der Waals surface area contributed by atoms with Crippen LogP contribution in [0, 0.1) is 0 Å². The van der Waals surface area contributed by atoms with Gasteiger partial charge >= 0.3 is 0 Å². The number of carbonyl (C=O) groups excluding carboxylic acids is 1. The van der Waals surface area contributed by atoms with Crippen molar-refractivity contribution in [2.45, 2.75) is 63.4 Å². The van der Waals surface area contributed by atoms with Crippen LogP contribution in [-0.4, -0.2) is 50.9 Å². The maximum absolute atomic E-state index is 12.8. The van der Waals surface area contributed by atoms with Crippen molar-refractivity contribution >= 4 is 21.6 Å². The van der Waals surface area contributed by atoms with E-state index in [0.29, 0.717) is 11.3 Å². The van der Waals surface area contributed by atoms with Gasteiger partial charge in [-0.05, 0) is 76.0 Å². The lowest BCUT2D eigenvalue weighted by molar-refractivity contribution is -0.116. The van der Waals surface area contributed by atoms with Crippen molar-refractivity contribution in [2.75, 3.05) is 24.5 Å². The minimum atomic E-state index is -3.54. The number of hydrogen-bond acceptors (Lipinski definition) is 4. The fourth-order valence-corrected chi connectivity index (χ4v) is 5.49. The van der Waals surface area contributed by atoms with Gasteiger partial charge in [-0.1, -0.05) is 6.92 Å². The third-order valence-electron chi connectivity index (χ3n) is 5.37. The van der Waals surface area contributed by atoms with Crippen LogP contribution in [0.4, 0.5) is 5.69 Å². The summed E-state index contributed by atoms with van der Waals surface area (Å²) in [5.74, 6) is -0.0104. The van der Waals surface area contributed by atoms with Gasteiger partial charge < -0.3 is 9.80 Å². The Balaban J connectivity index is 1.71. The highest BCUT2D eigenvalue weighted by Gasteiger charge is 2.31. The fourth-order valence-electron chi connectivity index (χ4n) is 4.13. The quantitative estimate of drug-likeness (QED) is 0.851. The van der Waals surface area contributed by atoms with E-state index in [-0.39, 0.29) is 18.0 Å². The van der Waals surface area contributed by atoms with Crippen LogP contribution in [0.3, 0.4) is 0 Å². The molecule has 1 unspecified atom stereocenters. The summed E-state index contributed by atoms with van der Waals surface area (Å²) >= 11 is 0. The number of rotatable bonds is 5. The van der Waals surface area contributed by atoms with Crippen molar-refractivity contribution < 1.29 is 13.2 Å². The van der Waals surface area contributed by atoms with Gasteiger partial charge in [-0.3, -0.25) is 4.79 Å². The zero-order valence-electron chi connectivity index (χ0n) is 15.9. The Hall–Kier alpha value is -1.44. The third-order valence-corrected chi connectivity index (χ3v) is 6.88. The number of nitrogens with one attached hydrogen (secondary N) is 1. The molecule has 0 spiro atoms. The smallest absolute Gasteiger partial charge is 0.240 e. The number of benzene rings is 1. The number of piperidine rings is 1. The molecule has 1 fully saturated rings. The van der Waals surface area contributed by atoms with E-state index >= 15 is 0 Å². The number of carbonyl (C=O) groups is 1. The Kier molecular flexibility index (Phi) is 5.69. The zero-order chi connectivity index (χ0) is 18.9. The Bertz CT molecular complexity index is 770. The van der Waals surface area contributed by atoms with Crippen molar-refractivity contribution in [2.24, 2.45) is 0 Å². The van der Waals surface area contributed by atoms with Gasteiger partial charge in [0.2, 0.25) is 15.9 Å². The average molecular weight is 380 g/mol. The van der Waals surface area contributed by atoms with Gasteiger partial charge in [0.25, 0.3) is 0 Å². The first kappa shape index (κ1) is 19.3. The van der Waals surface area contributed by atoms with Crippen molar-refractivity contribution in [1.82, 2.24) is 9.62 Å². The van der Waals surface area contributed by atoms with Gasteiger partial charge in [-0.15, -0.1) is 0 Å². The summed E-state index contributed by atoms with van der Waals surface area (Å²) in [6.45, 7) is 8.65. The first-order chi connectivity index (χ1) is 12.3. The van der Waals surface area contributed by atoms with Crippen LogP contribution in [0.15, 0.2) is 23.1 Å². The van der Waals surface area contributed by atoms with Crippen LogP contribution < -0.4 is 9.62 Å². The zero-order valence-corrected chi connectivity index (χ0v) is 16.7. The number of likely N-dealkylation sites (tertiary alicyclic amines) is 1. The van der Waals surface area contributed by atoms with Gasteiger partial charge in [0.1, 0.15) is 0 Å². The molecule has 26 heavy (non-hydrogen) atoms. The molecule has 0 aromatic heterocycles. The van der Waals surface area contributed by atoms with E-state index in [1.165, 1.54) is 0 Å². The first-order valence-corrected chi connectivity index (χ1v) is 11.0. The highest BCUT2D eigenvalue weighted by atomic mass is 32.2. The average Bonchev–Trinajstić information content (AvgIpc) is 2.91. The normalized spacial score (nSPS) is 21.8. The third kappa shape index (κ3) is 3.94. The predicted molar refractivity (Wildman–Crippen MR) is 103 cm³/mol. The molecule has 1 atom stereocenters. The molecule has 1 amide bonds. The number of sulfonamides is 1. The Morgan fingerprint density at radius 2 is 1.96 bits per heavy atom. The van der Waals surface area contributed by atoms with E-state index in [1.807, 2.05) is 6.92 Å². The van der Waals surface area contributed by atoms with Crippen LogP contribution in [0.1, 0.15) is 45.6 Å². The highest BCUT2D eigenvalue weighted by Crippen LogP contribution is 2.34. The molecule has 2 heterocycles. The summed E-state index contributed by atoms with van der Waals surface area (Å²) in [4.78, 5) is 16.2. The van der Waals surface area contributed by atoms with E-state index in [9.17, 15) is 13.2 Å². The van der Waals surface area contributed by atoms with Crippen molar-refractivity contribution in [3.8, 4) is 0 Å². The van der Waals surface area contributed by atoms with E-state index in [2.05, 4.69) is 16.5 Å². The van der Waals surface area contributed by atoms with Crippen molar-refractivity contribution in [1.29, 1.82) is 0 Å². The molecule has 1 aromatic carbocycles. The Labute approximate surface area is 156 Å². The van der Waals surface area contributed by atoms with Crippen LogP contribution >= 0.6 is 0 Å². The fraction of sp³-hybridized carbons (Fsp3) is 0.632. The number of fused-ring (bicyclic) bond motifs is 1. The largest absolute Gasteiger partial charge is 0.309 e. The number of nitrogens with zero attached hydrogens (tertiary/aromatic N) is 2. The standard InChI is InChI=1S/C19H29N3O3S/c1-4-9-21-10-7-17(8-11-21)20-26(24,25)18-5-6-19-16(13-18)12-14(2)22(19)15(3)23/h5-6,13-14,17,20H,4,7-12H2,1-3H3. The molecule has 2 aliphatic rings. The summed E-state index contributed by atoms with van der Waals surface area (Å²) < 4.78 is 28.5. The molecule has 0 saturated carbocycles. The molecule has 1 N–H and O–H groups in total. The SMILES string of the molecule is CCCN1CCC(NS(=O)(=O)c2ccc3c(c2)CC(C)N3C(C)=O)CC1. The lowest BCUT2D eigenvalue weighted by atomic mass is 10.1. The number of hydrogen-bond donors (Lipinski definition) is 1. The Morgan fingerprint density at radius 3 is 2.58 bits per heavy atom. The molecular weight excluding hydrogens is 350 g/mol. The first-order valence-electron chi connectivity index (χ1n) is 9.49. The molecular formula is C19H29N3O3S. The summed E-state index contributed by atoms with van der Waals surface area (Å²) in [5.41, 5.74) is 1.75. The van der Waals surface area contributed by atoms with E-state index in [0.717, 1.165) is 50.1 Å². The second-order valence-corrected chi connectivity index (χ2v) is 9.18. The topological polar surface area (TPSA) is 69.7 Å². The molecule has 0 aliphatic carbocycles. The highest BCUT2D eigenvalue weighted by molar-refractivity contribution is 7.89. The molecule has 1 saturated heterocycles. The predicted octanol–water partition coefficient (Wildman–Crippen LogP) is 2.14. The monoisotopic (exact) mass is 379 g/mol. The van der Waals surface area contributed by atoms with E-state index < -0.39 is 10.0 Å². The maximum atomic E-state index is 12.8. The lowest BCUT2D eigenvalue weighted by Gasteiger charge is -2.31. The van der Waals surface area contributed by atoms with Crippen LogP contribution in [0.2, 0.25) is 0 Å². The van der Waals surface area contributed by atoms with Gasteiger partial charge in [0.05, 0.1) is 4.90 Å². The van der Waals surface area contributed by atoms with Gasteiger partial charge in [-0.25, -0.2) is 13.1 Å². The van der Waals surface area contributed by atoms with Gasteiger partial charge in [0, 0.05) is 24.7 Å². The van der Waals surface area contributed by atoms with Crippen LogP contribution in [-0.2, 0) is 21.2 Å². The summed E-state index contributed by atoms with van der Waals surface area (Å²) in [6, 6.07) is 5.16. The van der Waals surface area contributed by atoms with Gasteiger partial charge in [0.15, 0.2) is 0 Å². The number of anilines is 1. The van der Waals surface area contributed by atoms with Crippen molar-refractivity contribution in [3.63, 3.8) is 0 Å². The van der Waals surface area contributed by atoms with Gasteiger partial charge in [-0.2, -0.15) is 0 Å². The molecule has 2 aliphatic heterocycles. The molecule has 0 bridgehead atoms. The summed E-state index contributed by atoms with van der Waals surface area (Å²) in [5, 5.41) is 0. The molecule has 6 nitrogen and oxygen atoms in total. The Morgan fingerprint density at radius 1 is 1.27 bits per heavy atom. The molecule has 144 valence electrons. The van der Waals surface area contributed by atoms with Crippen LogP contribution in [0.5, 0.6) is 0 Å². The minimum Gasteiger partial charge on any atom is -0.309 e. The van der Waals surface area contributed by atoms with E-state index in [1.54, 1.807) is 30.0 Å². The molecule has 1 aromatic rings. The summed E-state index contributed by atoms with van der Waals surface area (Å²) in [7, 11) is -3.54. The minimum absolute atomic E-state index is 0.00555. The number of amides is 1. The van der Waals surface area contributed by atoms with Crippen molar-refractivity contribution in [3.05, 3.63) is 23.8 Å². The molecule has 0 radical (unpaired) electrons. The second-order valence-electron chi connectivity index (χ2n) is 7.47. The summed E-state index contributed by atoms with van der Waals surface area (Å²) in [6.07, 6.45) is 3.51.